The van der Waals surface area contributed by atoms with E-state index in [2.05, 4.69) is 54.6 Å². The molecule has 9 nitrogen and oxygen atoms in total. The number of rotatable bonds is 10. The molecule has 1 aliphatic rings. The van der Waals surface area contributed by atoms with E-state index in [1.54, 1.807) is 23.2 Å². The molecule has 208 valence electrons. The van der Waals surface area contributed by atoms with Gasteiger partial charge in [0.15, 0.2) is 0 Å². The van der Waals surface area contributed by atoms with Crippen LogP contribution in [0.15, 0.2) is 54.7 Å². The van der Waals surface area contributed by atoms with Crippen LogP contribution in [0.1, 0.15) is 61.1 Å². The molecule has 40 heavy (non-hydrogen) atoms. The fourth-order valence-electron chi connectivity index (χ4n) is 5.09. The second kappa shape index (κ2) is 11.8. The summed E-state index contributed by atoms with van der Waals surface area (Å²) in [5.74, 6) is 2.13. The van der Waals surface area contributed by atoms with Gasteiger partial charge in [-0.05, 0) is 60.2 Å². The number of aromatic nitrogens is 3. The minimum atomic E-state index is -0.305. The van der Waals surface area contributed by atoms with Crippen LogP contribution in [0.3, 0.4) is 0 Å². The summed E-state index contributed by atoms with van der Waals surface area (Å²) in [5, 5.41) is 6.31. The van der Waals surface area contributed by atoms with Crippen molar-refractivity contribution >= 4 is 34.5 Å². The van der Waals surface area contributed by atoms with Gasteiger partial charge in [0.05, 0.1) is 11.0 Å². The molecule has 2 aromatic heterocycles. The monoisotopic (exact) mass is 540 g/mol. The highest BCUT2D eigenvalue weighted by Crippen LogP contribution is 2.30. The molecule has 0 atom stereocenters. The van der Waals surface area contributed by atoms with Crippen molar-refractivity contribution in [3.8, 4) is 11.5 Å². The van der Waals surface area contributed by atoms with Gasteiger partial charge in [-0.3, -0.25) is 14.6 Å². The number of amides is 2. The summed E-state index contributed by atoms with van der Waals surface area (Å²) in [5.41, 5.74) is 5.73. The molecule has 0 radical (unpaired) electrons. The number of hydrogen-bond acceptors (Lipinski definition) is 6. The van der Waals surface area contributed by atoms with Gasteiger partial charge in [-0.15, -0.1) is 0 Å². The molecule has 1 saturated heterocycles. The predicted molar refractivity (Wildman–Crippen MR) is 156 cm³/mol. The molecule has 0 spiro atoms. The van der Waals surface area contributed by atoms with Gasteiger partial charge in [0.2, 0.25) is 11.9 Å². The van der Waals surface area contributed by atoms with Gasteiger partial charge in [-0.25, -0.2) is 4.98 Å². The highest BCUT2D eigenvalue weighted by molar-refractivity contribution is 5.92. The number of fused-ring (bicyclic) bond motifs is 1. The maximum Gasteiger partial charge on any atom is 0.270 e. The summed E-state index contributed by atoms with van der Waals surface area (Å²) in [4.78, 5) is 35.1. The number of aryl methyl sites for hydroxylation is 2. The number of imidazole rings is 1. The summed E-state index contributed by atoms with van der Waals surface area (Å²) < 4.78 is 8.09. The van der Waals surface area contributed by atoms with E-state index in [9.17, 15) is 9.59 Å². The maximum atomic E-state index is 12.6. The van der Waals surface area contributed by atoms with Crippen LogP contribution in [0.5, 0.6) is 11.5 Å². The van der Waals surface area contributed by atoms with Crippen molar-refractivity contribution in [3.63, 3.8) is 0 Å². The fourth-order valence-corrected chi connectivity index (χ4v) is 5.09. The smallest absolute Gasteiger partial charge is 0.270 e. The summed E-state index contributed by atoms with van der Waals surface area (Å²) >= 11 is 0. The largest absolute Gasteiger partial charge is 0.457 e. The van der Waals surface area contributed by atoms with Gasteiger partial charge in [0.1, 0.15) is 17.2 Å². The van der Waals surface area contributed by atoms with Crippen LogP contribution in [0, 0.1) is 0 Å². The van der Waals surface area contributed by atoms with Gasteiger partial charge in [-0.2, -0.15) is 0 Å². The molecular formula is C31H36N6O3. The Kier molecular flexibility index (Phi) is 8.00. The molecule has 2 N–H and O–H groups in total. The zero-order valence-electron chi connectivity index (χ0n) is 23.5. The number of likely N-dealkylation sites (tertiary alicyclic amines) is 1. The van der Waals surface area contributed by atoms with Crippen LogP contribution in [0.2, 0.25) is 0 Å². The Morgan fingerprint density at radius 1 is 1.10 bits per heavy atom. The zero-order valence-corrected chi connectivity index (χ0v) is 23.5. The molecule has 3 heterocycles. The Labute approximate surface area is 234 Å². The highest BCUT2D eigenvalue weighted by atomic mass is 16.5. The van der Waals surface area contributed by atoms with Crippen LogP contribution < -0.4 is 15.4 Å². The first kappa shape index (κ1) is 27.2. The number of pyridine rings is 1. The van der Waals surface area contributed by atoms with Crippen molar-refractivity contribution in [1.82, 2.24) is 24.8 Å². The van der Waals surface area contributed by atoms with Gasteiger partial charge >= 0.3 is 0 Å². The van der Waals surface area contributed by atoms with Crippen molar-refractivity contribution in [2.45, 2.75) is 46.0 Å². The quantitative estimate of drug-likeness (QED) is 0.274. The van der Waals surface area contributed by atoms with Gasteiger partial charge in [0.25, 0.3) is 5.91 Å². The third-order valence-electron chi connectivity index (χ3n) is 7.30. The average molecular weight is 541 g/mol. The predicted octanol–water partition coefficient (Wildman–Crippen LogP) is 5.54. The van der Waals surface area contributed by atoms with Crippen LogP contribution >= 0.6 is 0 Å². The van der Waals surface area contributed by atoms with E-state index in [1.807, 2.05) is 29.8 Å². The number of ether oxygens (including phenoxy) is 1. The second-order valence-electron chi connectivity index (χ2n) is 10.4. The van der Waals surface area contributed by atoms with Crippen molar-refractivity contribution in [3.05, 3.63) is 71.5 Å². The topological polar surface area (TPSA) is 101 Å². The lowest BCUT2D eigenvalue weighted by Gasteiger charge is -2.15. The molecule has 0 bridgehead atoms. The number of hydrogen-bond donors (Lipinski definition) is 2. The molecule has 5 rings (SSSR count). The average Bonchev–Trinajstić information content (AvgIpc) is 3.50. The van der Waals surface area contributed by atoms with Crippen LogP contribution in [0.4, 0.5) is 11.6 Å². The molecule has 2 amide bonds. The second-order valence-corrected chi connectivity index (χ2v) is 10.4. The minimum Gasteiger partial charge on any atom is -0.457 e. The lowest BCUT2D eigenvalue weighted by atomic mass is 9.95. The number of carbonyl (C=O) groups is 2. The van der Waals surface area contributed by atoms with E-state index < -0.39 is 0 Å². The molecular weight excluding hydrogens is 504 g/mol. The van der Waals surface area contributed by atoms with Gasteiger partial charge in [0, 0.05) is 57.1 Å². The van der Waals surface area contributed by atoms with Crippen LogP contribution in [0.25, 0.3) is 11.0 Å². The Morgan fingerprint density at radius 2 is 1.93 bits per heavy atom. The molecule has 4 aromatic rings. The van der Waals surface area contributed by atoms with Crippen LogP contribution in [-0.2, 0) is 18.3 Å². The Bertz CT molecular complexity index is 1540. The fraction of sp³-hybridized carbons (Fsp3) is 0.355. The Hall–Kier alpha value is -4.40. The summed E-state index contributed by atoms with van der Waals surface area (Å²) in [6.07, 6.45) is 4.02. The van der Waals surface area contributed by atoms with E-state index in [4.69, 9.17) is 9.72 Å². The van der Waals surface area contributed by atoms with E-state index in [0.717, 1.165) is 42.1 Å². The molecule has 0 saturated carbocycles. The maximum absolute atomic E-state index is 12.6. The minimum absolute atomic E-state index is 0.140. The first-order valence-corrected chi connectivity index (χ1v) is 13.9. The lowest BCUT2D eigenvalue weighted by molar-refractivity contribution is -0.127. The Balaban J connectivity index is 1.27. The van der Waals surface area contributed by atoms with E-state index in [0.29, 0.717) is 36.9 Å². The van der Waals surface area contributed by atoms with Crippen LogP contribution in [-0.4, -0.2) is 50.9 Å². The van der Waals surface area contributed by atoms with Crippen molar-refractivity contribution in [2.75, 3.05) is 25.0 Å². The number of carbonyl (C=O) groups excluding carboxylic acids is 2. The molecule has 1 fully saturated rings. The first-order valence-electron chi connectivity index (χ1n) is 13.9. The summed E-state index contributed by atoms with van der Waals surface area (Å²) in [6, 6.07) is 15.5. The number of benzene rings is 2. The zero-order chi connectivity index (χ0) is 28.2. The van der Waals surface area contributed by atoms with Crippen molar-refractivity contribution < 1.29 is 14.3 Å². The van der Waals surface area contributed by atoms with Gasteiger partial charge in [-0.1, -0.05) is 26.8 Å². The molecule has 1 aliphatic heterocycles. The highest BCUT2D eigenvalue weighted by Gasteiger charge is 2.20. The molecule has 2 aromatic carbocycles. The number of nitrogens with zero attached hydrogens (tertiary/aromatic N) is 4. The van der Waals surface area contributed by atoms with E-state index in [1.165, 1.54) is 11.1 Å². The van der Waals surface area contributed by atoms with E-state index >= 15 is 0 Å². The summed E-state index contributed by atoms with van der Waals surface area (Å²) in [6.45, 7) is 8.24. The number of nitrogens with one attached hydrogen (secondary N) is 2. The SMILES string of the molecule is CCc1ccc(Nc2nc3cc(Oc4ccnc(C(=O)NCCN5CCCC5=O)c4)ccc3n2C)cc1C(C)C. The van der Waals surface area contributed by atoms with Crippen molar-refractivity contribution in [1.29, 1.82) is 0 Å². The molecule has 0 aliphatic carbocycles. The third kappa shape index (κ3) is 5.93. The Morgan fingerprint density at radius 3 is 2.67 bits per heavy atom. The third-order valence-corrected chi connectivity index (χ3v) is 7.30. The summed E-state index contributed by atoms with van der Waals surface area (Å²) in [7, 11) is 1.98. The molecule has 9 heteroatoms. The van der Waals surface area contributed by atoms with Gasteiger partial charge < -0.3 is 24.8 Å². The van der Waals surface area contributed by atoms with Crippen molar-refractivity contribution in [2.24, 2.45) is 7.05 Å². The number of anilines is 2. The molecule has 0 unspecified atom stereocenters. The standard InChI is InChI=1S/C31H36N6O3/c1-5-21-8-9-22(17-25(21)20(2)3)34-31-35-26-18-23(10-11-28(26)36(31)4)40-24-12-13-32-27(19-24)30(39)33-14-16-37-15-6-7-29(37)38/h8-13,17-20H,5-7,14-16H2,1-4H3,(H,33,39)(H,34,35). The first-order chi connectivity index (χ1) is 19.3. The lowest BCUT2D eigenvalue weighted by Crippen LogP contribution is -2.35. The van der Waals surface area contributed by atoms with E-state index in [-0.39, 0.29) is 17.5 Å². The normalized spacial score (nSPS) is 13.3.